The number of methoxy groups -OCH3 is 6. The molecule has 15 heteroatoms. The highest BCUT2D eigenvalue weighted by Crippen LogP contribution is 2.43. The van der Waals surface area contributed by atoms with E-state index >= 15 is 0 Å². The maximum Gasteiger partial charge on any atom is 0.373 e. The molecule has 63 heavy (non-hydrogen) atoms. The van der Waals surface area contributed by atoms with E-state index in [2.05, 4.69) is 0 Å². The van der Waals surface area contributed by atoms with Crippen molar-refractivity contribution in [1.82, 2.24) is 0 Å². The molecule has 9 unspecified atom stereocenters. The second kappa shape index (κ2) is 20.9. The first-order valence-electron chi connectivity index (χ1n) is 20.9. The maximum atomic E-state index is 13.8. The molecule has 0 saturated heterocycles. The fraction of sp³-hybridized carbons (Fsp3) is 0.438. The van der Waals surface area contributed by atoms with Gasteiger partial charge in [-0.25, -0.2) is 14.4 Å². The van der Waals surface area contributed by atoms with E-state index in [-0.39, 0.29) is 37.1 Å². The summed E-state index contributed by atoms with van der Waals surface area (Å²) >= 11 is 0. The van der Waals surface area contributed by atoms with Crippen molar-refractivity contribution in [2.75, 3.05) is 62.5 Å². The van der Waals surface area contributed by atoms with E-state index in [4.69, 9.17) is 56.8 Å². The highest BCUT2D eigenvalue weighted by atomic mass is 16.7. The fourth-order valence-corrected chi connectivity index (χ4v) is 8.67. The number of hydrogen-bond acceptors (Lipinski definition) is 15. The topological polar surface area (TPSA) is 162 Å². The third-order valence-electron chi connectivity index (χ3n) is 12.0. The second-order valence-corrected chi connectivity index (χ2v) is 15.4. The fourth-order valence-electron chi connectivity index (χ4n) is 8.67. The van der Waals surface area contributed by atoms with Gasteiger partial charge in [0, 0.05) is 56.8 Å². The number of rotatable bonds is 9. The van der Waals surface area contributed by atoms with Gasteiger partial charge in [-0.3, -0.25) is 0 Å². The van der Waals surface area contributed by atoms with Crippen LogP contribution in [-0.4, -0.2) is 99.3 Å². The number of fused-ring (bicyclic) bond motifs is 2. The standard InChI is InChI=1S/C48H54O15/c1-52-31-13-7-28(8-14-31)37-25-40-43(49)59-23-20-35-39(30-11-17-33(54-3)18-12-30)27-42(63-47(35)56-5)45(51)60-24-21-36-38(29-9-15-32(53-2)16-10-29)26-41(62-48(36)57-6)44(50)58-22-19-34(37)46(55-4)61-40/h7-18,25-27,34-39,46-48H,19-24H2,1-6H3. The number of carbonyl (C=O) groups is 3. The van der Waals surface area contributed by atoms with Gasteiger partial charge in [0.15, 0.2) is 0 Å². The third kappa shape index (κ3) is 10.3. The van der Waals surface area contributed by atoms with Crippen molar-refractivity contribution < 1.29 is 71.2 Å². The van der Waals surface area contributed by atoms with Gasteiger partial charge in [0.2, 0.25) is 36.1 Å². The monoisotopic (exact) mass is 870 g/mol. The van der Waals surface area contributed by atoms with E-state index in [0.717, 1.165) is 16.7 Å². The van der Waals surface area contributed by atoms with Gasteiger partial charge in [0.25, 0.3) is 0 Å². The summed E-state index contributed by atoms with van der Waals surface area (Å²) in [6, 6.07) is 22.4. The van der Waals surface area contributed by atoms with Gasteiger partial charge in [-0.05, 0) is 90.6 Å². The molecule has 0 aromatic heterocycles. The molecule has 3 aromatic rings. The van der Waals surface area contributed by atoms with Gasteiger partial charge < -0.3 is 56.8 Å². The van der Waals surface area contributed by atoms with Crippen LogP contribution >= 0.6 is 0 Å². The van der Waals surface area contributed by atoms with Crippen LogP contribution in [-0.2, 0) is 57.0 Å². The summed E-state index contributed by atoms with van der Waals surface area (Å²) in [5, 5.41) is 0. The molecule has 7 aliphatic rings. The molecule has 3 aromatic carbocycles. The van der Waals surface area contributed by atoms with Gasteiger partial charge in [-0.2, -0.15) is 0 Å². The lowest BCUT2D eigenvalue weighted by molar-refractivity contribution is -0.179. The molecule has 0 N–H and O–H groups in total. The molecule has 6 bridgehead atoms. The first-order valence-corrected chi connectivity index (χ1v) is 20.9. The lowest BCUT2D eigenvalue weighted by Gasteiger charge is -2.37. The molecule has 0 amide bonds. The predicted octanol–water partition coefficient (Wildman–Crippen LogP) is 6.69. The van der Waals surface area contributed by atoms with Crippen LogP contribution in [0.3, 0.4) is 0 Å². The van der Waals surface area contributed by atoms with E-state index in [1.807, 2.05) is 72.8 Å². The molecule has 7 aliphatic heterocycles. The Kier molecular flexibility index (Phi) is 14.9. The molecule has 15 nitrogen and oxygen atoms in total. The smallest absolute Gasteiger partial charge is 0.373 e. The van der Waals surface area contributed by atoms with Crippen LogP contribution in [0.4, 0.5) is 0 Å². The van der Waals surface area contributed by atoms with Crippen LogP contribution in [0.2, 0.25) is 0 Å². The number of benzene rings is 3. The number of ether oxygens (including phenoxy) is 12. The van der Waals surface area contributed by atoms with Gasteiger partial charge in [-0.1, -0.05) is 36.4 Å². The Hall–Kier alpha value is -6.03. The Morgan fingerprint density at radius 1 is 0.397 bits per heavy atom. The summed E-state index contributed by atoms with van der Waals surface area (Å²) in [6.45, 7) is -0.103. The Bertz CT molecular complexity index is 1890. The number of allylic oxidation sites excluding steroid dienone is 3. The summed E-state index contributed by atoms with van der Waals surface area (Å²) in [7, 11) is 9.22. The van der Waals surface area contributed by atoms with Crippen LogP contribution in [0, 0.1) is 17.8 Å². The summed E-state index contributed by atoms with van der Waals surface area (Å²) in [6.07, 6.45) is 3.27. The maximum absolute atomic E-state index is 13.8. The molecular weight excluding hydrogens is 817 g/mol. The molecule has 0 spiro atoms. The van der Waals surface area contributed by atoms with Crippen molar-refractivity contribution in [1.29, 1.82) is 0 Å². The van der Waals surface area contributed by atoms with Gasteiger partial charge >= 0.3 is 17.9 Å². The minimum atomic E-state index is -0.912. The molecule has 0 radical (unpaired) electrons. The predicted molar refractivity (Wildman–Crippen MR) is 224 cm³/mol. The number of hydrogen-bond donors (Lipinski definition) is 0. The average molecular weight is 871 g/mol. The van der Waals surface area contributed by atoms with Crippen molar-refractivity contribution >= 4 is 17.9 Å². The van der Waals surface area contributed by atoms with Crippen molar-refractivity contribution in [3.63, 3.8) is 0 Å². The van der Waals surface area contributed by atoms with Crippen LogP contribution < -0.4 is 14.2 Å². The Balaban J connectivity index is 1.26. The number of esters is 3. The Labute approximate surface area is 366 Å². The largest absolute Gasteiger partial charge is 0.497 e. The highest BCUT2D eigenvalue weighted by Gasteiger charge is 2.42. The van der Waals surface area contributed by atoms with E-state index in [0.29, 0.717) is 36.5 Å². The van der Waals surface area contributed by atoms with Crippen molar-refractivity contribution in [2.45, 2.75) is 55.9 Å². The molecule has 0 fully saturated rings. The molecule has 0 saturated carbocycles. The minimum absolute atomic E-state index is 0.0318. The molecule has 336 valence electrons. The van der Waals surface area contributed by atoms with Crippen molar-refractivity contribution in [2.24, 2.45) is 17.8 Å². The zero-order valence-corrected chi connectivity index (χ0v) is 36.2. The van der Waals surface area contributed by atoms with Crippen LogP contribution in [0.25, 0.3) is 0 Å². The summed E-state index contributed by atoms with van der Waals surface area (Å²) < 4.78 is 69.9. The van der Waals surface area contributed by atoms with E-state index in [9.17, 15) is 14.4 Å². The van der Waals surface area contributed by atoms with Crippen LogP contribution in [0.1, 0.15) is 53.7 Å². The minimum Gasteiger partial charge on any atom is -0.497 e. The molecule has 0 aliphatic carbocycles. The average Bonchev–Trinajstić information content (AvgIpc) is 3.33. The normalized spacial score (nSPS) is 28.0. The zero-order chi connectivity index (χ0) is 44.5. The summed E-state index contributed by atoms with van der Waals surface area (Å²) in [5.41, 5.74) is 2.55. The van der Waals surface area contributed by atoms with Gasteiger partial charge in [0.1, 0.15) is 17.2 Å². The second-order valence-electron chi connectivity index (χ2n) is 15.4. The van der Waals surface area contributed by atoms with Crippen LogP contribution in [0.5, 0.6) is 17.2 Å². The zero-order valence-electron chi connectivity index (χ0n) is 36.2. The third-order valence-corrected chi connectivity index (χ3v) is 12.0. The molecule has 9 atom stereocenters. The first kappa shape index (κ1) is 45.0. The molecular formula is C48H54O15. The van der Waals surface area contributed by atoms with E-state index in [1.54, 1.807) is 39.6 Å². The summed E-state index contributed by atoms with van der Waals surface area (Å²) in [4.78, 5) is 41.5. The Morgan fingerprint density at radius 2 is 0.651 bits per heavy atom. The Morgan fingerprint density at radius 3 is 0.873 bits per heavy atom. The van der Waals surface area contributed by atoms with Gasteiger partial charge in [-0.15, -0.1) is 0 Å². The first-order chi connectivity index (χ1) is 30.7. The van der Waals surface area contributed by atoms with E-state index in [1.165, 1.54) is 21.3 Å². The molecule has 10 rings (SSSR count). The molecule has 7 heterocycles. The van der Waals surface area contributed by atoms with Crippen molar-refractivity contribution in [3.8, 4) is 17.2 Å². The van der Waals surface area contributed by atoms with E-state index < -0.39 is 72.3 Å². The van der Waals surface area contributed by atoms with Crippen LogP contribution in [0.15, 0.2) is 108 Å². The number of carbonyl (C=O) groups excluding carboxylic acids is 3. The SMILES string of the molecule is COc1ccc(C2C=C3OC(OC)C2CCOC(=O)C2=CC(c4ccc(OC)cc4)C(CCOC(=O)C4=CC(c5ccc(OC)cc5)C(CCOC3=O)C(OC)O4)C(OC)O2)cc1. The van der Waals surface area contributed by atoms with Crippen molar-refractivity contribution in [3.05, 3.63) is 125 Å². The lowest BCUT2D eigenvalue weighted by Crippen LogP contribution is -2.39. The van der Waals surface area contributed by atoms with Gasteiger partial charge in [0.05, 0.1) is 41.2 Å². The summed E-state index contributed by atoms with van der Waals surface area (Å²) in [5.74, 6) is -2.67. The lowest BCUT2D eigenvalue weighted by atomic mass is 9.81. The quantitative estimate of drug-likeness (QED) is 0.165. The highest BCUT2D eigenvalue weighted by molar-refractivity contribution is 5.88.